The summed E-state index contributed by atoms with van der Waals surface area (Å²) in [6.07, 6.45) is 4.75. The molecule has 2 aromatic heterocycles. The summed E-state index contributed by atoms with van der Waals surface area (Å²) in [4.78, 5) is 21.3. The Kier molecular flexibility index (Phi) is 5.22. The number of imidazole rings is 1. The highest BCUT2D eigenvalue weighted by Crippen LogP contribution is 2.33. The predicted octanol–water partition coefficient (Wildman–Crippen LogP) is 1.70. The van der Waals surface area contributed by atoms with Crippen LogP contribution >= 0.6 is 0 Å². The first-order valence-electron chi connectivity index (χ1n) is 11.3. The van der Waals surface area contributed by atoms with Crippen molar-refractivity contribution >= 4 is 22.9 Å². The van der Waals surface area contributed by atoms with Gasteiger partial charge < -0.3 is 10.1 Å². The predicted molar refractivity (Wildman–Crippen MR) is 123 cm³/mol. The number of anilines is 1. The molecule has 0 unspecified atom stereocenters. The molecule has 9 nitrogen and oxygen atoms in total. The molecular formula is C23H28N8O. The second-order valence-corrected chi connectivity index (χ2v) is 8.50. The number of fused-ring (bicyclic) bond motifs is 5. The van der Waals surface area contributed by atoms with E-state index in [1.54, 1.807) is 6.20 Å². The third-order valence-electron chi connectivity index (χ3n) is 6.41. The minimum Gasteiger partial charge on any atom is -0.379 e. The molecule has 0 radical (unpaired) electrons. The van der Waals surface area contributed by atoms with E-state index in [9.17, 15) is 0 Å². The molecule has 3 aromatic rings. The number of ether oxygens (including phenoxy) is 1. The lowest BCUT2D eigenvalue weighted by molar-refractivity contribution is 0.0361. The van der Waals surface area contributed by atoms with Crippen molar-refractivity contribution in [3.05, 3.63) is 54.4 Å². The number of guanidine groups is 1. The number of nitrogens with zero attached hydrogens (tertiary/aromatic N) is 7. The van der Waals surface area contributed by atoms with Crippen molar-refractivity contribution < 1.29 is 4.74 Å². The van der Waals surface area contributed by atoms with Crippen LogP contribution in [0.25, 0.3) is 11.0 Å². The number of para-hydroxylation sites is 2. The fourth-order valence-corrected chi connectivity index (χ4v) is 4.76. The summed E-state index contributed by atoms with van der Waals surface area (Å²) >= 11 is 0. The average Bonchev–Trinajstić information content (AvgIpc) is 3.25. The molecule has 0 saturated carbocycles. The summed E-state index contributed by atoms with van der Waals surface area (Å²) < 4.78 is 7.72. The van der Waals surface area contributed by atoms with Crippen LogP contribution in [0.2, 0.25) is 0 Å². The molecule has 0 spiro atoms. The minimum atomic E-state index is -0.0889. The van der Waals surface area contributed by atoms with Crippen molar-refractivity contribution in [2.45, 2.75) is 12.6 Å². The molecule has 6 rings (SSSR count). The highest BCUT2D eigenvalue weighted by molar-refractivity contribution is 5.98. The van der Waals surface area contributed by atoms with E-state index in [1.807, 2.05) is 18.3 Å². The Morgan fingerprint density at radius 3 is 2.78 bits per heavy atom. The van der Waals surface area contributed by atoms with Crippen molar-refractivity contribution in [2.24, 2.45) is 4.99 Å². The van der Waals surface area contributed by atoms with E-state index in [-0.39, 0.29) is 6.17 Å². The Morgan fingerprint density at radius 1 is 1.03 bits per heavy atom. The Hall–Kier alpha value is -3.01. The van der Waals surface area contributed by atoms with Gasteiger partial charge in [0, 0.05) is 37.6 Å². The molecule has 5 heterocycles. The van der Waals surface area contributed by atoms with Gasteiger partial charge in [0.2, 0.25) is 11.9 Å². The van der Waals surface area contributed by atoms with Gasteiger partial charge in [0.15, 0.2) is 0 Å². The summed E-state index contributed by atoms with van der Waals surface area (Å²) in [5.74, 6) is 1.81. The quantitative estimate of drug-likeness (QED) is 0.658. The fraction of sp³-hybridized carbons (Fsp3) is 0.435. The zero-order valence-electron chi connectivity index (χ0n) is 18.1. The summed E-state index contributed by atoms with van der Waals surface area (Å²) in [5, 5.41) is 3.64. The molecular weight excluding hydrogens is 404 g/mol. The molecule has 0 aliphatic carbocycles. The normalized spacial score (nSPS) is 21.7. The smallest absolute Gasteiger partial charge is 0.216 e. The molecule has 1 saturated heterocycles. The standard InChI is InChI=1S/C23H28N8O/c1-2-7-20-19(6-1)26-23-30-17-29(10-4-9-28-11-13-32-14-12-28)16-25-22(30)27-21(31(20)23)18-5-3-8-24-15-18/h1-3,5-8,15,21H,4,9-14,16-17H2,(H,25,27)/t21-/m1/s1. The molecule has 1 aromatic carbocycles. The lowest BCUT2D eigenvalue weighted by atomic mass is 10.2. The number of hydrogen-bond donors (Lipinski definition) is 1. The number of benzene rings is 1. The van der Waals surface area contributed by atoms with E-state index in [0.717, 1.165) is 81.0 Å². The monoisotopic (exact) mass is 432 g/mol. The molecule has 0 amide bonds. The van der Waals surface area contributed by atoms with Crippen LogP contribution in [-0.4, -0.2) is 83.0 Å². The van der Waals surface area contributed by atoms with Gasteiger partial charge in [0.05, 0.1) is 37.6 Å². The van der Waals surface area contributed by atoms with Crippen LogP contribution in [0.3, 0.4) is 0 Å². The van der Waals surface area contributed by atoms with Gasteiger partial charge in [-0.15, -0.1) is 0 Å². The van der Waals surface area contributed by atoms with Gasteiger partial charge in [-0.05, 0) is 31.2 Å². The average molecular weight is 433 g/mol. The second kappa shape index (κ2) is 8.50. The third kappa shape index (κ3) is 3.62. The molecule has 1 fully saturated rings. The molecule has 9 heteroatoms. The van der Waals surface area contributed by atoms with Gasteiger partial charge in [-0.1, -0.05) is 18.2 Å². The zero-order valence-corrected chi connectivity index (χ0v) is 18.1. The number of hydrogen-bond acceptors (Lipinski definition) is 8. The highest BCUT2D eigenvalue weighted by atomic mass is 16.5. The molecule has 3 aliphatic heterocycles. The van der Waals surface area contributed by atoms with Gasteiger partial charge >= 0.3 is 0 Å². The zero-order chi connectivity index (χ0) is 21.3. The Morgan fingerprint density at radius 2 is 1.91 bits per heavy atom. The van der Waals surface area contributed by atoms with Crippen molar-refractivity contribution in [3.8, 4) is 0 Å². The van der Waals surface area contributed by atoms with E-state index in [0.29, 0.717) is 6.67 Å². The summed E-state index contributed by atoms with van der Waals surface area (Å²) in [5.41, 5.74) is 3.18. The first kappa shape index (κ1) is 19.7. The summed E-state index contributed by atoms with van der Waals surface area (Å²) in [7, 11) is 0. The van der Waals surface area contributed by atoms with Gasteiger partial charge in [0.1, 0.15) is 6.17 Å². The number of rotatable bonds is 5. The van der Waals surface area contributed by atoms with Crippen LogP contribution in [0.15, 0.2) is 53.8 Å². The SMILES string of the molecule is c1cncc([C@@H]2NC3=NCN(CCCN4CCOCC4)CN3c3nc4ccccc4n32)c1. The molecule has 0 bridgehead atoms. The van der Waals surface area contributed by atoms with E-state index in [4.69, 9.17) is 14.7 Å². The lowest BCUT2D eigenvalue weighted by Gasteiger charge is -2.41. The molecule has 3 aliphatic rings. The maximum absolute atomic E-state index is 5.46. The number of pyridine rings is 1. The van der Waals surface area contributed by atoms with E-state index in [2.05, 4.69) is 53.8 Å². The number of morpholine rings is 1. The van der Waals surface area contributed by atoms with E-state index in [1.165, 1.54) is 0 Å². The number of nitrogens with one attached hydrogen (secondary N) is 1. The first-order valence-corrected chi connectivity index (χ1v) is 11.3. The Bertz CT molecular complexity index is 1110. The van der Waals surface area contributed by atoms with Gasteiger partial charge in [-0.2, -0.15) is 0 Å². The van der Waals surface area contributed by atoms with Crippen LogP contribution in [-0.2, 0) is 4.74 Å². The largest absolute Gasteiger partial charge is 0.379 e. The van der Waals surface area contributed by atoms with Crippen molar-refractivity contribution in [3.63, 3.8) is 0 Å². The summed E-state index contributed by atoms with van der Waals surface area (Å²) in [6.45, 7) is 7.37. The van der Waals surface area contributed by atoms with Gasteiger partial charge in [-0.3, -0.25) is 24.3 Å². The van der Waals surface area contributed by atoms with Crippen molar-refractivity contribution in [1.82, 2.24) is 29.7 Å². The van der Waals surface area contributed by atoms with Gasteiger partial charge in [0.25, 0.3) is 0 Å². The molecule has 1 atom stereocenters. The number of aliphatic imine (C=N–C) groups is 1. The fourth-order valence-electron chi connectivity index (χ4n) is 4.76. The maximum atomic E-state index is 5.46. The maximum Gasteiger partial charge on any atom is 0.216 e. The van der Waals surface area contributed by atoms with Gasteiger partial charge in [-0.25, -0.2) is 9.98 Å². The molecule has 1 N–H and O–H groups in total. The van der Waals surface area contributed by atoms with E-state index < -0.39 is 0 Å². The van der Waals surface area contributed by atoms with Crippen molar-refractivity contribution in [1.29, 1.82) is 0 Å². The first-order chi connectivity index (χ1) is 15.9. The Labute approximate surface area is 187 Å². The van der Waals surface area contributed by atoms with E-state index >= 15 is 0 Å². The topological polar surface area (TPSA) is 74.1 Å². The van der Waals surface area contributed by atoms with Crippen LogP contribution < -0.4 is 10.2 Å². The third-order valence-corrected chi connectivity index (χ3v) is 6.41. The summed E-state index contributed by atoms with van der Waals surface area (Å²) in [6, 6.07) is 12.4. The van der Waals surface area contributed by atoms with Crippen LogP contribution in [0.4, 0.5) is 5.95 Å². The molecule has 166 valence electrons. The van der Waals surface area contributed by atoms with Crippen LogP contribution in [0, 0.1) is 0 Å². The number of aromatic nitrogens is 3. The molecule has 32 heavy (non-hydrogen) atoms. The highest BCUT2D eigenvalue weighted by Gasteiger charge is 2.35. The van der Waals surface area contributed by atoms with Crippen LogP contribution in [0.1, 0.15) is 18.2 Å². The van der Waals surface area contributed by atoms with Crippen LogP contribution in [0.5, 0.6) is 0 Å². The lowest BCUT2D eigenvalue weighted by Crippen LogP contribution is -2.57. The second-order valence-electron chi connectivity index (χ2n) is 8.50. The Balaban J connectivity index is 1.26. The minimum absolute atomic E-state index is 0.0889. The van der Waals surface area contributed by atoms with Crippen molar-refractivity contribution in [2.75, 3.05) is 57.6 Å².